The monoisotopic (exact) mass is 249 g/mol. The van der Waals surface area contributed by atoms with Crippen LogP contribution in [0.2, 0.25) is 0 Å². The van der Waals surface area contributed by atoms with E-state index in [-0.39, 0.29) is 0 Å². The molecule has 0 aliphatic heterocycles. The third kappa shape index (κ3) is 2.30. The maximum atomic E-state index is 5.93. The Balaban J connectivity index is 2.08. The zero-order valence-electron chi connectivity index (χ0n) is 10.5. The van der Waals surface area contributed by atoms with Crippen LogP contribution in [0.3, 0.4) is 0 Å². The molecule has 2 nitrogen and oxygen atoms in total. The molecule has 0 radical (unpaired) electrons. The molecule has 0 atom stereocenters. The summed E-state index contributed by atoms with van der Waals surface area (Å²) in [6.07, 6.45) is 0. The highest BCUT2D eigenvalue weighted by molar-refractivity contribution is 5.87. The van der Waals surface area contributed by atoms with Gasteiger partial charge in [-0.3, -0.25) is 0 Å². The average molecular weight is 249 g/mol. The zero-order chi connectivity index (χ0) is 13.1. The van der Waals surface area contributed by atoms with Gasteiger partial charge in [0.2, 0.25) is 0 Å². The maximum absolute atomic E-state index is 5.93. The van der Waals surface area contributed by atoms with E-state index in [4.69, 9.17) is 10.5 Å². The fourth-order valence-electron chi connectivity index (χ4n) is 2.24. The van der Waals surface area contributed by atoms with Gasteiger partial charge in [0.25, 0.3) is 0 Å². The smallest absolute Gasteiger partial charge is 0.132 e. The van der Waals surface area contributed by atoms with Crippen LogP contribution >= 0.6 is 0 Å². The molecule has 0 amide bonds. The van der Waals surface area contributed by atoms with Crippen LogP contribution < -0.4 is 10.5 Å². The van der Waals surface area contributed by atoms with Gasteiger partial charge in [-0.15, -0.1) is 0 Å². The topological polar surface area (TPSA) is 35.2 Å². The summed E-state index contributed by atoms with van der Waals surface area (Å²) in [4.78, 5) is 0. The highest BCUT2D eigenvalue weighted by Gasteiger charge is 2.07. The van der Waals surface area contributed by atoms with E-state index in [1.807, 2.05) is 48.5 Å². The van der Waals surface area contributed by atoms with Gasteiger partial charge >= 0.3 is 0 Å². The third-order valence-corrected chi connectivity index (χ3v) is 3.17. The van der Waals surface area contributed by atoms with E-state index in [9.17, 15) is 0 Å². The number of hydrogen-bond donors (Lipinski definition) is 1. The Morgan fingerprint density at radius 1 is 0.789 bits per heavy atom. The molecule has 0 bridgehead atoms. The molecule has 0 saturated heterocycles. The van der Waals surface area contributed by atoms with Crippen LogP contribution in [0.25, 0.3) is 10.8 Å². The molecule has 0 heterocycles. The molecule has 0 aliphatic rings. The van der Waals surface area contributed by atoms with Gasteiger partial charge in [0.1, 0.15) is 11.5 Å². The van der Waals surface area contributed by atoms with E-state index in [2.05, 4.69) is 18.2 Å². The number of hydrogen-bond acceptors (Lipinski definition) is 2. The second-order valence-electron chi connectivity index (χ2n) is 4.38. The van der Waals surface area contributed by atoms with Crippen molar-refractivity contribution < 1.29 is 4.74 Å². The van der Waals surface area contributed by atoms with Crippen LogP contribution in [0.15, 0.2) is 66.7 Å². The van der Waals surface area contributed by atoms with E-state index >= 15 is 0 Å². The Labute approximate surface area is 112 Å². The fourth-order valence-corrected chi connectivity index (χ4v) is 2.24. The molecule has 3 rings (SSSR count). The van der Waals surface area contributed by atoms with Gasteiger partial charge in [0, 0.05) is 12.1 Å². The first-order valence-corrected chi connectivity index (χ1v) is 6.32. The average Bonchev–Trinajstić information content (AvgIpc) is 2.48. The van der Waals surface area contributed by atoms with Crippen molar-refractivity contribution >= 4 is 10.8 Å². The Morgan fingerprint density at radius 3 is 2.32 bits per heavy atom. The van der Waals surface area contributed by atoms with Crippen LogP contribution in [0.4, 0.5) is 0 Å². The Hall–Kier alpha value is -2.32. The summed E-state index contributed by atoms with van der Waals surface area (Å²) in [5.41, 5.74) is 6.93. The molecule has 0 fully saturated rings. The molecule has 3 aromatic rings. The molecule has 2 heteroatoms. The molecule has 0 unspecified atom stereocenters. The highest BCUT2D eigenvalue weighted by atomic mass is 16.5. The first-order chi connectivity index (χ1) is 9.38. The van der Waals surface area contributed by atoms with Crippen LogP contribution in [-0.4, -0.2) is 0 Å². The van der Waals surface area contributed by atoms with Crippen molar-refractivity contribution in [3.8, 4) is 11.5 Å². The summed E-state index contributed by atoms with van der Waals surface area (Å²) >= 11 is 0. The van der Waals surface area contributed by atoms with Crippen LogP contribution in [0, 0.1) is 0 Å². The summed E-state index contributed by atoms with van der Waals surface area (Å²) in [5.74, 6) is 1.65. The number of rotatable bonds is 3. The summed E-state index contributed by atoms with van der Waals surface area (Å²) in [5, 5.41) is 2.33. The standard InChI is InChI=1S/C17H15NO/c18-12-16-15-9-5-4-6-13(15)10-11-17(16)19-14-7-2-1-3-8-14/h1-11H,12,18H2. The number of nitrogens with two attached hydrogens (primary N) is 1. The van der Waals surface area contributed by atoms with E-state index in [1.165, 1.54) is 5.39 Å². The lowest BCUT2D eigenvalue weighted by Gasteiger charge is -2.12. The minimum Gasteiger partial charge on any atom is -0.457 e. The van der Waals surface area contributed by atoms with Gasteiger partial charge < -0.3 is 10.5 Å². The van der Waals surface area contributed by atoms with E-state index < -0.39 is 0 Å². The van der Waals surface area contributed by atoms with Gasteiger partial charge in [-0.1, -0.05) is 48.5 Å². The van der Waals surface area contributed by atoms with Crippen molar-refractivity contribution in [2.45, 2.75) is 6.54 Å². The number of benzene rings is 3. The third-order valence-electron chi connectivity index (χ3n) is 3.17. The van der Waals surface area contributed by atoms with E-state index in [1.54, 1.807) is 0 Å². The molecule has 0 aromatic heterocycles. The summed E-state index contributed by atoms with van der Waals surface area (Å²) < 4.78 is 5.93. The second kappa shape index (κ2) is 5.12. The van der Waals surface area contributed by atoms with Crippen molar-refractivity contribution in [1.29, 1.82) is 0 Å². The van der Waals surface area contributed by atoms with Gasteiger partial charge in [-0.25, -0.2) is 0 Å². The maximum Gasteiger partial charge on any atom is 0.132 e. The molecule has 19 heavy (non-hydrogen) atoms. The molecule has 0 aliphatic carbocycles. The van der Waals surface area contributed by atoms with Gasteiger partial charge in [-0.05, 0) is 29.0 Å². The van der Waals surface area contributed by atoms with Crippen molar-refractivity contribution in [2.75, 3.05) is 0 Å². The lowest BCUT2D eigenvalue weighted by molar-refractivity contribution is 0.477. The zero-order valence-corrected chi connectivity index (χ0v) is 10.5. The Bertz CT molecular complexity index is 692. The van der Waals surface area contributed by atoms with Crippen molar-refractivity contribution in [3.63, 3.8) is 0 Å². The molecule has 2 N–H and O–H groups in total. The minimum atomic E-state index is 0.462. The highest BCUT2D eigenvalue weighted by Crippen LogP contribution is 2.31. The van der Waals surface area contributed by atoms with E-state index in [0.29, 0.717) is 6.54 Å². The molecule has 0 saturated carbocycles. The normalized spacial score (nSPS) is 10.6. The predicted octanol–water partition coefficient (Wildman–Crippen LogP) is 4.09. The summed E-state index contributed by atoms with van der Waals surface area (Å²) in [6, 6.07) is 22.0. The molecule has 94 valence electrons. The van der Waals surface area contributed by atoms with E-state index in [0.717, 1.165) is 22.4 Å². The number of para-hydroxylation sites is 1. The molecular weight excluding hydrogens is 234 g/mol. The van der Waals surface area contributed by atoms with Gasteiger partial charge in [0.05, 0.1) is 0 Å². The first kappa shape index (κ1) is 11.8. The van der Waals surface area contributed by atoms with Gasteiger partial charge in [-0.2, -0.15) is 0 Å². The SMILES string of the molecule is NCc1c(Oc2ccccc2)ccc2ccccc12. The first-order valence-electron chi connectivity index (χ1n) is 6.32. The molecule has 3 aromatic carbocycles. The molecule has 0 spiro atoms. The van der Waals surface area contributed by atoms with Crippen molar-refractivity contribution in [2.24, 2.45) is 5.73 Å². The molecular formula is C17H15NO. The van der Waals surface area contributed by atoms with Crippen molar-refractivity contribution in [3.05, 3.63) is 72.3 Å². The summed E-state index contributed by atoms with van der Waals surface area (Å²) in [7, 11) is 0. The van der Waals surface area contributed by atoms with Crippen LogP contribution in [0.1, 0.15) is 5.56 Å². The van der Waals surface area contributed by atoms with Crippen LogP contribution in [-0.2, 0) is 6.54 Å². The minimum absolute atomic E-state index is 0.462. The van der Waals surface area contributed by atoms with Gasteiger partial charge in [0.15, 0.2) is 0 Å². The largest absolute Gasteiger partial charge is 0.457 e. The lowest BCUT2D eigenvalue weighted by atomic mass is 10.0. The Morgan fingerprint density at radius 2 is 1.53 bits per heavy atom. The number of ether oxygens (including phenoxy) is 1. The fraction of sp³-hybridized carbons (Fsp3) is 0.0588. The number of fused-ring (bicyclic) bond motifs is 1. The second-order valence-corrected chi connectivity index (χ2v) is 4.38. The van der Waals surface area contributed by atoms with Crippen LogP contribution in [0.5, 0.6) is 11.5 Å². The Kier molecular flexibility index (Phi) is 3.17. The lowest BCUT2D eigenvalue weighted by Crippen LogP contribution is -2.00. The van der Waals surface area contributed by atoms with Crippen molar-refractivity contribution in [1.82, 2.24) is 0 Å². The predicted molar refractivity (Wildman–Crippen MR) is 78.4 cm³/mol. The quantitative estimate of drug-likeness (QED) is 0.758. The summed E-state index contributed by atoms with van der Waals surface area (Å²) in [6.45, 7) is 0.462.